The monoisotopic (exact) mass is 409 g/mol. The van der Waals surface area contributed by atoms with Gasteiger partial charge in [0.1, 0.15) is 11.6 Å². The predicted octanol–water partition coefficient (Wildman–Crippen LogP) is 3.16. The number of fused-ring (bicyclic) bond motifs is 1. The summed E-state index contributed by atoms with van der Waals surface area (Å²) in [6, 6.07) is 11.1. The minimum absolute atomic E-state index is 0.0159. The number of nitrogens with one attached hydrogen (secondary N) is 1. The van der Waals surface area contributed by atoms with E-state index in [2.05, 4.69) is 15.1 Å². The Kier molecular flexibility index (Phi) is 4.86. The van der Waals surface area contributed by atoms with E-state index in [1.165, 1.54) is 47.4 Å². The summed E-state index contributed by atoms with van der Waals surface area (Å²) in [5, 5.41) is 2.77. The zero-order valence-corrected chi connectivity index (χ0v) is 16.2. The van der Waals surface area contributed by atoms with Gasteiger partial charge in [-0.2, -0.15) is 9.50 Å². The van der Waals surface area contributed by atoms with Gasteiger partial charge in [-0.05, 0) is 43.7 Å². The van der Waals surface area contributed by atoms with Crippen LogP contribution in [0.3, 0.4) is 0 Å². The Hall–Kier alpha value is -3.88. The van der Waals surface area contributed by atoms with Gasteiger partial charge in [0.05, 0.1) is 12.1 Å². The first-order chi connectivity index (χ1) is 14.3. The predicted molar refractivity (Wildman–Crippen MR) is 106 cm³/mol. The van der Waals surface area contributed by atoms with Crippen LogP contribution in [0.5, 0.6) is 0 Å². The van der Waals surface area contributed by atoms with Crippen LogP contribution >= 0.6 is 0 Å². The molecule has 30 heavy (non-hydrogen) atoms. The van der Waals surface area contributed by atoms with Crippen molar-refractivity contribution in [3.8, 4) is 0 Å². The maximum atomic E-state index is 14.3. The third kappa shape index (κ3) is 3.45. The molecule has 2 aromatic carbocycles. The highest BCUT2D eigenvalue weighted by Gasteiger charge is 2.25. The molecule has 0 radical (unpaired) electrons. The highest BCUT2D eigenvalue weighted by molar-refractivity contribution is 6.05. The first kappa shape index (κ1) is 19.4. The van der Waals surface area contributed by atoms with E-state index < -0.39 is 17.5 Å². The fourth-order valence-corrected chi connectivity index (χ4v) is 3.01. The van der Waals surface area contributed by atoms with Crippen molar-refractivity contribution in [2.45, 2.75) is 20.4 Å². The molecule has 0 aliphatic rings. The Bertz CT molecular complexity index is 1310. The smallest absolute Gasteiger partial charge is 0.272 e. The van der Waals surface area contributed by atoms with Crippen molar-refractivity contribution in [3.05, 3.63) is 92.9 Å². The van der Waals surface area contributed by atoms with Crippen LogP contribution in [0.4, 0.5) is 14.7 Å². The Morgan fingerprint density at radius 3 is 2.47 bits per heavy atom. The van der Waals surface area contributed by atoms with Gasteiger partial charge in [0.2, 0.25) is 5.95 Å². The topological polar surface area (TPSA) is 83.4 Å². The summed E-state index contributed by atoms with van der Waals surface area (Å²) in [5.41, 5.74) is 1.04. The van der Waals surface area contributed by atoms with Gasteiger partial charge < -0.3 is 0 Å². The first-order valence-electron chi connectivity index (χ1n) is 9.12. The van der Waals surface area contributed by atoms with E-state index >= 15 is 0 Å². The fraction of sp³-hybridized carbons (Fsp3) is 0.143. The third-order valence-electron chi connectivity index (χ3n) is 4.81. The maximum absolute atomic E-state index is 14.3. The molecule has 0 spiro atoms. The fourth-order valence-electron chi connectivity index (χ4n) is 3.01. The normalized spacial score (nSPS) is 11.1. The number of nitrogens with zero attached hydrogens (tertiary/aromatic N) is 4. The van der Waals surface area contributed by atoms with Crippen LogP contribution in [0.25, 0.3) is 5.78 Å². The molecule has 152 valence electrons. The molecular weight excluding hydrogens is 392 g/mol. The summed E-state index contributed by atoms with van der Waals surface area (Å²) in [7, 11) is 0. The molecular formula is C21H17F2N5O2. The van der Waals surface area contributed by atoms with Gasteiger partial charge in [0, 0.05) is 11.3 Å². The van der Waals surface area contributed by atoms with Gasteiger partial charge in [-0.3, -0.25) is 19.6 Å². The minimum atomic E-state index is -0.690. The molecule has 0 aliphatic heterocycles. The molecule has 0 saturated carbocycles. The van der Waals surface area contributed by atoms with Crippen LogP contribution in [0.1, 0.15) is 27.2 Å². The summed E-state index contributed by atoms with van der Waals surface area (Å²) < 4.78 is 28.7. The summed E-state index contributed by atoms with van der Waals surface area (Å²) >= 11 is 0. The van der Waals surface area contributed by atoms with Crippen LogP contribution in [0, 0.1) is 25.5 Å². The lowest BCUT2D eigenvalue weighted by Gasteiger charge is -2.20. The van der Waals surface area contributed by atoms with Gasteiger partial charge in [0.25, 0.3) is 17.2 Å². The number of benzene rings is 2. The second-order valence-corrected chi connectivity index (χ2v) is 6.81. The van der Waals surface area contributed by atoms with Crippen LogP contribution in [-0.2, 0) is 6.54 Å². The molecule has 2 aromatic heterocycles. The molecule has 0 atom stereocenters. The number of aromatic nitrogens is 4. The number of anilines is 1. The van der Waals surface area contributed by atoms with Gasteiger partial charge in [-0.25, -0.2) is 13.8 Å². The number of carbonyl (C=O) groups excluding carboxylic acids is 1. The van der Waals surface area contributed by atoms with Crippen molar-refractivity contribution in [1.82, 2.24) is 19.6 Å². The van der Waals surface area contributed by atoms with Gasteiger partial charge in [-0.15, -0.1) is 0 Å². The summed E-state index contributed by atoms with van der Waals surface area (Å²) in [6.45, 7) is 3.30. The highest BCUT2D eigenvalue weighted by atomic mass is 19.1. The zero-order valence-electron chi connectivity index (χ0n) is 16.2. The molecule has 7 nitrogen and oxygen atoms in total. The number of hydrogen-bond acceptors (Lipinski definition) is 4. The number of aromatic amines is 1. The maximum Gasteiger partial charge on any atom is 0.277 e. The summed E-state index contributed by atoms with van der Waals surface area (Å²) in [4.78, 5) is 35.4. The molecule has 2 heterocycles. The molecule has 1 amide bonds. The van der Waals surface area contributed by atoms with Crippen molar-refractivity contribution < 1.29 is 13.6 Å². The lowest BCUT2D eigenvalue weighted by molar-refractivity contribution is 0.0979. The van der Waals surface area contributed by atoms with E-state index in [4.69, 9.17) is 0 Å². The minimum Gasteiger partial charge on any atom is -0.272 e. The van der Waals surface area contributed by atoms with Gasteiger partial charge in [-0.1, -0.05) is 24.3 Å². The molecule has 4 rings (SSSR count). The number of hydrogen-bond donors (Lipinski definition) is 1. The Labute approximate surface area is 169 Å². The second-order valence-electron chi connectivity index (χ2n) is 6.81. The molecule has 0 bridgehead atoms. The lowest BCUT2D eigenvalue weighted by Crippen LogP contribution is -2.32. The highest BCUT2D eigenvalue weighted by Crippen LogP contribution is 2.19. The Morgan fingerprint density at radius 1 is 1.07 bits per heavy atom. The number of halogens is 2. The van der Waals surface area contributed by atoms with Crippen molar-refractivity contribution in [1.29, 1.82) is 0 Å². The average molecular weight is 409 g/mol. The van der Waals surface area contributed by atoms with E-state index in [1.54, 1.807) is 19.9 Å². The van der Waals surface area contributed by atoms with Crippen LogP contribution in [0.2, 0.25) is 0 Å². The van der Waals surface area contributed by atoms with Crippen molar-refractivity contribution in [2.24, 2.45) is 0 Å². The van der Waals surface area contributed by atoms with Crippen LogP contribution < -0.4 is 10.5 Å². The average Bonchev–Trinajstić information content (AvgIpc) is 3.15. The third-order valence-corrected chi connectivity index (χ3v) is 4.81. The molecule has 0 saturated heterocycles. The Balaban J connectivity index is 1.84. The van der Waals surface area contributed by atoms with Gasteiger partial charge in [0.15, 0.2) is 0 Å². The number of carbonyl (C=O) groups is 1. The quantitative estimate of drug-likeness (QED) is 0.561. The van der Waals surface area contributed by atoms with E-state index in [9.17, 15) is 18.4 Å². The van der Waals surface area contributed by atoms with Crippen molar-refractivity contribution >= 4 is 17.6 Å². The van der Waals surface area contributed by atoms with E-state index in [1.807, 2.05) is 0 Å². The molecule has 9 heteroatoms. The number of rotatable bonds is 4. The van der Waals surface area contributed by atoms with E-state index in [0.717, 1.165) is 4.52 Å². The standard InChI is InChI=1S/C21H17F2N5O2/c1-12-13(2)24-20-25-21(26-28(20)18(12)29)27(11-14-7-9-15(22)10-8-14)19(30)16-5-3-4-6-17(16)23/h3-10H,11H2,1-2H3,(H,24,25,26). The number of amides is 1. The zero-order chi connectivity index (χ0) is 21.4. The lowest BCUT2D eigenvalue weighted by atomic mass is 10.1. The van der Waals surface area contributed by atoms with E-state index in [0.29, 0.717) is 16.8 Å². The molecule has 0 aliphatic carbocycles. The molecule has 1 N–H and O–H groups in total. The number of aryl methyl sites for hydroxylation is 1. The van der Waals surface area contributed by atoms with Crippen molar-refractivity contribution in [3.63, 3.8) is 0 Å². The molecule has 4 aromatic rings. The summed E-state index contributed by atoms with van der Waals surface area (Å²) in [6.07, 6.45) is 0. The largest absolute Gasteiger partial charge is 0.277 e. The number of H-pyrrole nitrogens is 1. The Morgan fingerprint density at radius 2 is 1.77 bits per heavy atom. The summed E-state index contributed by atoms with van der Waals surface area (Å²) in [5.74, 6) is -1.68. The van der Waals surface area contributed by atoms with Crippen molar-refractivity contribution in [2.75, 3.05) is 4.90 Å². The molecule has 0 unspecified atom stereocenters. The van der Waals surface area contributed by atoms with Gasteiger partial charge >= 0.3 is 0 Å². The van der Waals surface area contributed by atoms with Crippen LogP contribution in [-0.4, -0.2) is 25.5 Å². The second kappa shape index (κ2) is 7.51. The van der Waals surface area contributed by atoms with E-state index in [-0.39, 0.29) is 29.4 Å². The molecule has 0 fully saturated rings. The first-order valence-corrected chi connectivity index (χ1v) is 9.12. The van der Waals surface area contributed by atoms with Crippen LogP contribution in [0.15, 0.2) is 53.3 Å². The SMILES string of the molecule is Cc1nc2nc(N(Cc3ccc(F)cc3)C(=O)c3ccccc3F)[nH]n2c(=O)c1C.